The molecule has 1 atom stereocenters. The third-order valence-electron chi connectivity index (χ3n) is 2.10. The molecule has 1 heterocycles. The van der Waals surface area contributed by atoms with E-state index in [1.807, 2.05) is 13.8 Å². The maximum absolute atomic E-state index is 11.5. The molecule has 0 aliphatic carbocycles. The first-order valence-electron chi connectivity index (χ1n) is 4.59. The minimum atomic E-state index is -0.216. The van der Waals surface area contributed by atoms with Crippen LogP contribution in [0, 0.1) is 5.92 Å². The molecule has 78 valence electrons. The lowest BCUT2D eigenvalue weighted by Crippen LogP contribution is -2.40. The second-order valence-corrected chi connectivity index (χ2v) is 3.52. The van der Waals surface area contributed by atoms with Gasteiger partial charge in [0.1, 0.15) is 6.26 Å². The fourth-order valence-electron chi connectivity index (χ4n) is 1.07. The Morgan fingerprint density at radius 1 is 1.64 bits per heavy atom. The van der Waals surface area contributed by atoms with Crippen molar-refractivity contribution in [3.63, 3.8) is 0 Å². The average Bonchev–Trinajstić information content (AvgIpc) is 2.65. The standard InChI is InChI=1S/C10H15NO3/c1-7(2)9(5-12)11-10(13)8-3-4-14-6-8/h3-4,6-7,9,12H,5H2,1-2H3,(H,11,13). The number of aliphatic hydroxyl groups excluding tert-OH is 1. The van der Waals surface area contributed by atoms with Gasteiger partial charge in [0.25, 0.3) is 5.91 Å². The second kappa shape index (κ2) is 4.81. The van der Waals surface area contributed by atoms with E-state index in [0.29, 0.717) is 5.56 Å². The number of aliphatic hydroxyl groups is 1. The predicted molar refractivity (Wildman–Crippen MR) is 51.9 cm³/mol. The van der Waals surface area contributed by atoms with Crippen LogP contribution in [0.2, 0.25) is 0 Å². The lowest BCUT2D eigenvalue weighted by Gasteiger charge is -2.19. The van der Waals surface area contributed by atoms with Gasteiger partial charge in [0, 0.05) is 0 Å². The maximum atomic E-state index is 11.5. The molecule has 0 fully saturated rings. The summed E-state index contributed by atoms with van der Waals surface area (Å²) in [6, 6.07) is 1.38. The first-order valence-corrected chi connectivity index (χ1v) is 4.59. The van der Waals surface area contributed by atoms with E-state index in [-0.39, 0.29) is 24.5 Å². The number of hydrogen-bond donors (Lipinski definition) is 2. The summed E-state index contributed by atoms with van der Waals surface area (Å²) in [4.78, 5) is 11.5. The van der Waals surface area contributed by atoms with Crippen LogP contribution in [0.3, 0.4) is 0 Å². The summed E-state index contributed by atoms with van der Waals surface area (Å²) in [5.74, 6) is -0.0117. The monoisotopic (exact) mass is 197 g/mol. The van der Waals surface area contributed by atoms with Gasteiger partial charge in [-0.2, -0.15) is 0 Å². The van der Waals surface area contributed by atoms with Gasteiger partial charge < -0.3 is 14.8 Å². The van der Waals surface area contributed by atoms with Crippen LogP contribution in [0.15, 0.2) is 23.0 Å². The first kappa shape index (κ1) is 10.8. The van der Waals surface area contributed by atoms with Gasteiger partial charge in [-0.3, -0.25) is 4.79 Å². The van der Waals surface area contributed by atoms with E-state index in [2.05, 4.69) is 5.32 Å². The predicted octanol–water partition coefficient (Wildman–Crippen LogP) is 1.03. The SMILES string of the molecule is CC(C)C(CO)NC(=O)c1ccoc1. The van der Waals surface area contributed by atoms with E-state index in [4.69, 9.17) is 9.52 Å². The van der Waals surface area contributed by atoms with Gasteiger partial charge in [0.05, 0.1) is 24.5 Å². The second-order valence-electron chi connectivity index (χ2n) is 3.52. The molecule has 0 aliphatic heterocycles. The van der Waals surface area contributed by atoms with Gasteiger partial charge in [-0.05, 0) is 12.0 Å². The lowest BCUT2D eigenvalue weighted by molar-refractivity contribution is 0.0896. The van der Waals surface area contributed by atoms with Gasteiger partial charge in [-0.25, -0.2) is 0 Å². The van der Waals surface area contributed by atoms with Gasteiger partial charge in [-0.1, -0.05) is 13.8 Å². The zero-order chi connectivity index (χ0) is 10.6. The van der Waals surface area contributed by atoms with Crippen molar-refractivity contribution < 1.29 is 14.3 Å². The quantitative estimate of drug-likeness (QED) is 0.757. The number of carbonyl (C=O) groups excluding carboxylic acids is 1. The Morgan fingerprint density at radius 2 is 2.36 bits per heavy atom. The van der Waals surface area contributed by atoms with E-state index >= 15 is 0 Å². The van der Waals surface area contributed by atoms with E-state index in [0.717, 1.165) is 0 Å². The zero-order valence-corrected chi connectivity index (χ0v) is 8.36. The van der Waals surface area contributed by atoms with E-state index in [1.165, 1.54) is 12.5 Å². The number of amides is 1. The van der Waals surface area contributed by atoms with Gasteiger partial charge in [-0.15, -0.1) is 0 Å². The Bertz CT molecular complexity index is 280. The van der Waals surface area contributed by atoms with Crippen molar-refractivity contribution in [2.24, 2.45) is 5.92 Å². The summed E-state index contributed by atoms with van der Waals surface area (Å²) in [5, 5.41) is 11.7. The number of furan rings is 1. The fraction of sp³-hybridized carbons (Fsp3) is 0.500. The minimum Gasteiger partial charge on any atom is -0.472 e. The number of hydrogen-bond acceptors (Lipinski definition) is 3. The van der Waals surface area contributed by atoms with Crippen molar-refractivity contribution in [2.75, 3.05) is 6.61 Å². The molecule has 0 spiro atoms. The van der Waals surface area contributed by atoms with Crippen molar-refractivity contribution >= 4 is 5.91 Å². The molecule has 4 nitrogen and oxygen atoms in total. The van der Waals surface area contributed by atoms with Crippen LogP contribution in [-0.4, -0.2) is 23.7 Å². The highest BCUT2D eigenvalue weighted by atomic mass is 16.3. The normalized spacial score (nSPS) is 12.9. The molecule has 1 aromatic heterocycles. The van der Waals surface area contributed by atoms with E-state index < -0.39 is 0 Å². The van der Waals surface area contributed by atoms with Crippen LogP contribution in [0.25, 0.3) is 0 Å². The molecule has 1 rings (SSSR count). The van der Waals surface area contributed by atoms with Gasteiger partial charge >= 0.3 is 0 Å². The van der Waals surface area contributed by atoms with Crippen molar-refractivity contribution in [1.82, 2.24) is 5.32 Å². The largest absolute Gasteiger partial charge is 0.472 e. The Morgan fingerprint density at radius 3 is 2.79 bits per heavy atom. The molecule has 0 aromatic carbocycles. The van der Waals surface area contributed by atoms with Crippen LogP contribution < -0.4 is 5.32 Å². The summed E-state index contributed by atoms with van der Waals surface area (Å²) < 4.78 is 4.79. The molecule has 1 amide bonds. The molecule has 4 heteroatoms. The van der Waals surface area contributed by atoms with Gasteiger partial charge in [0.15, 0.2) is 0 Å². The third-order valence-corrected chi connectivity index (χ3v) is 2.10. The number of nitrogens with one attached hydrogen (secondary N) is 1. The Kier molecular flexibility index (Phi) is 3.71. The Hall–Kier alpha value is -1.29. The topological polar surface area (TPSA) is 62.5 Å². The highest BCUT2D eigenvalue weighted by Crippen LogP contribution is 2.04. The fourth-order valence-corrected chi connectivity index (χ4v) is 1.07. The Balaban J connectivity index is 2.56. The summed E-state index contributed by atoms with van der Waals surface area (Å²) in [7, 11) is 0. The number of rotatable bonds is 4. The lowest BCUT2D eigenvalue weighted by atomic mass is 10.1. The summed E-state index contributed by atoms with van der Waals surface area (Å²) in [6.07, 6.45) is 2.82. The molecule has 0 saturated carbocycles. The van der Waals surface area contributed by atoms with E-state index in [9.17, 15) is 4.79 Å². The smallest absolute Gasteiger partial charge is 0.254 e. The molecule has 0 aliphatic rings. The van der Waals surface area contributed by atoms with Crippen molar-refractivity contribution in [3.05, 3.63) is 24.2 Å². The molecule has 2 N–H and O–H groups in total. The van der Waals surface area contributed by atoms with Crippen molar-refractivity contribution in [3.8, 4) is 0 Å². The van der Waals surface area contributed by atoms with Crippen LogP contribution in [0.4, 0.5) is 0 Å². The molecule has 14 heavy (non-hydrogen) atoms. The summed E-state index contributed by atoms with van der Waals surface area (Å²) in [5.41, 5.74) is 0.476. The number of carbonyl (C=O) groups is 1. The molecule has 1 unspecified atom stereocenters. The third kappa shape index (κ3) is 2.60. The summed E-state index contributed by atoms with van der Waals surface area (Å²) >= 11 is 0. The van der Waals surface area contributed by atoms with Gasteiger partial charge in [0.2, 0.25) is 0 Å². The van der Waals surface area contributed by atoms with Crippen molar-refractivity contribution in [1.29, 1.82) is 0 Å². The molecule has 1 aromatic rings. The highest BCUT2D eigenvalue weighted by Gasteiger charge is 2.16. The molecule has 0 saturated heterocycles. The Labute approximate surface area is 82.9 Å². The highest BCUT2D eigenvalue weighted by molar-refractivity contribution is 5.93. The van der Waals surface area contributed by atoms with Crippen LogP contribution in [-0.2, 0) is 0 Å². The average molecular weight is 197 g/mol. The molecule has 0 radical (unpaired) electrons. The van der Waals surface area contributed by atoms with E-state index in [1.54, 1.807) is 6.07 Å². The molecule has 0 bridgehead atoms. The van der Waals surface area contributed by atoms with Crippen LogP contribution in [0.1, 0.15) is 24.2 Å². The molecular weight excluding hydrogens is 182 g/mol. The van der Waals surface area contributed by atoms with Crippen LogP contribution >= 0.6 is 0 Å². The zero-order valence-electron chi connectivity index (χ0n) is 8.36. The minimum absolute atomic E-state index is 0.0543. The molecular formula is C10H15NO3. The van der Waals surface area contributed by atoms with Crippen molar-refractivity contribution in [2.45, 2.75) is 19.9 Å². The maximum Gasteiger partial charge on any atom is 0.254 e. The summed E-state index contributed by atoms with van der Waals surface area (Å²) in [6.45, 7) is 3.83. The first-order chi connectivity index (χ1) is 6.65. The van der Waals surface area contributed by atoms with Crippen LogP contribution in [0.5, 0.6) is 0 Å².